The van der Waals surface area contributed by atoms with Crippen LogP contribution in [0.5, 0.6) is 11.5 Å². The predicted molar refractivity (Wildman–Crippen MR) is 111 cm³/mol. The summed E-state index contributed by atoms with van der Waals surface area (Å²) in [5.74, 6) is -0.917. The number of nitrogens with zero attached hydrogens (tertiary/aromatic N) is 1. The Bertz CT molecular complexity index is 993. The molecule has 7 heteroatoms. The number of β-amino-alcohol motifs (C(OH)–C–C–N with tert-alkyl or cyclic N) is 1. The number of benzene rings is 2. The van der Waals surface area contributed by atoms with Crippen molar-refractivity contribution < 1.29 is 29.3 Å². The van der Waals surface area contributed by atoms with E-state index in [-0.39, 0.29) is 17.9 Å². The molecule has 1 aliphatic rings. The Balaban J connectivity index is 2.21. The highest BCUT2D eigenvalue weighted by Crippen LogP contribution is 2.42. The molecule has 0 spiro atoms. The molecule has 1 amide bonds. The maximum absolute atomic E-state index is 12.9. The van der Waals surface area contributed by atoms with Crippen LogP contribution in [0, 0.1) is 6.92 Å². The lowest BCUT2D eigenvalue weighted by Gasteiger charge is -2.27. The monoisotopic (exact) mass is 411 g/mol. The number of hydrogen-bond donors (Lipinski definition) is 2. The van der Waals surface area contributed by atoms with Gasteiger partial charge in [-0.3, -0.25) is 9.59 Å². The van der Waals surface area contributed by atoms with Crippen LogP contribution in [0.4, 0.5) is 0 Å². The fourth-order valence-corrected chi connectivity index (χ4v) is 3.59. The van der Waals surface area contributed by atoms with Crippen LogP contribution in [0.15, 0.2) is 48.0 Å². The van der Waals surface area contributed by atoms with E-state index in [1.54, 1.807) is 30.3 Å². The largest absolute Gasteiger partial charge is 0.507 e. The van der Waals surface area contributed by atoms with Crippen LogP contribution in [0.25, 0.3) is 5.76 Å². The van der Waals surface area contributed by atoms with Crippen LogP contribution in [-0.2, 0) is 9.59 Å². The standard InChI is InChI=1S/C23H25NO6/c1-13-5-7-15(8-6-13)21(26)19-20(24(12-14(2)25)23(28)22(19)27)16-9-10-17(29-3)18(11-16)30-4/h5-11,14,20,25-26H,12H2,1-4H3/t14-,20-/m1/s1. The SMILES string of the molecule is COc1ccc([C@@H]2C(=C(O)c3ccc(C)cc3)C(=O)C(=O)N2C[C@@H](C)O)cc1OC. The van der Waals surface area contributed by atoms with Crippen molar-refractivity contribution in [3.05, 3.63) is 64.7 Å². The van der Waals surface area contributed by atoms with Crippen molar-refractivity contribution in [1.29, 1.82) is 0 Å². The van der Waals surface area contributed by atoms with Gasteiger partial charge in [0.05, 0.1) is 31.9 Å². The highest BCUT2D eigenvalue weighted by molar-refractivity contribution is 6.46. The third-order valence-electron chi connectivity index (χ3n) is 5.05. The van der Waals surface area contributed by atoms with Crippen molar-refractivity contribution in [3.8, 4) is 11.5 Å². The fourth-order valence-electron chi connectivity index (χ4n) is 3.59. The van der Waals surface area contributed by atoms with Gasteiger partial charge in [-0.05, 0) is 31.5 Å². The first-order valence-corrected chi connectivity index (χ1v) is 9.54. The first-order chi connectivity index (χ1) is 14.3. The quantitative estimate of drug-likeness (QED) is 0.431. The van der Waals surface area contributed by atoms with E-state index in [2.05, 4.69) is 0 Å². The number of likely N-dealkylation sites (tertiary alicyclic amines) is 1. The van der Waals surface area contributed by atoms with Crippen LogP contribution in [0.3, 0.4) is 0 Å². The molecule has 3 rings (SSSR count). The van der Waals surface area contributed by atoms with Gasteiger partial charge < -0.3 is 24.6 Å². The molecule has 0 saturated carbocycles. The maximum Gasteiger partial charge on any atom is 0.295 e. The molecule has 2 aromatic rings. The lowest BCUT2D eigenvalue weighted by Crippen LogP contribution is -2.35. The molecule has 0 bridgehead atoms. The second-order valence-corrected chi connectivity index (χ2v) is 7.28. The molecule has 2 aromatic carbocycles. The molecule has 0 radical (unpaired) electrons. The molecule has 1 saturated heterocycles. The van der Waals surface area contributed by atoms with E-state index in [0.717, 1.165) is 5.56 Å². The first-order valence-electron chi connectivity index (χ1n) is 9.54. The Morgan fingerprint density at radius 3 is 2.27 bits per heavy atom. The minimum atomic E-state index is -0.874. The molecule has 30 heavy (non-hydrogen) atoms. The average Bonchev–Trinajstić information content (AvgIpc) is 2.97. The maximum atomic E-state index is 12.9. The van der Waals surface area contributed by atoms with E-state index in [4.69, 9.17) is 9.47 Å². The van der Waals surface area contributed by atoms with Crippen LogP contribution in [0.2, 0.25) is 0 Å². The third-order valence-corrected chi connectivity index (χ3v) is 5.05. The molecular weight excluding hydrogens is 386 g/mol. The number of hydrogen-bond acceptors (Lipinski definition) is 6. The minimum Gasteiger partial charge on any atom is -0.507 e. The number of aryl methyl sites for hydroxylation is 1. The van der Waals surface area contributed by atoms with E-state index in [1.807, 2.05) is 19.1 Å². The summed E-state index contributed by atoms with van der Waals surface area (Å²) in [6, 6.07) is 11.2. The molecule has 1 fully saturated rings. The predicted octanol–water partition coefficient (Wildman–Crippen LogP) is 2.81. The number of ether oxygens (including phenoxy) is 2. The van der Waals surface area contributed by atoms with Crippen LogP contribution in [0.1, 0.15) is 29.7 Å². The summed E-state index contributed by atoms with van der Waals surface area (Å²) in [5, 5.41) is 20.9. The average molecular weight is 411 g/mol. The highest BCUT2D eigenvalue weighted by atomic mass is 16.5. The van der Waals surface area contributed by atoms with Gasteiger partial charge in [-0.15, -0.1) is 0 Å². The smallest absolute Gasteiger partial charge is 0.295 e. The van der Waals surface area contributed by atoms with Gasteiger partial charge in [-0.25, -0.2) is 0 Å². The van der Waals surface area contributed by atoms with Crippen molar-refractivity contribution in [3.63, 3.8) is 0 Å². The normalized spacial score (nSPS) is 19.1. The van der Waals surface area contributed by atoms with Crippen LogP contribution < -0.4 is 9.47 Å². The third kappa shape index (κ3) is 3.89. The van der Waals surface area contributed by atoms with Gasteiger partial charge in [-0.1, -0.05) is 35.9 Å². The molecule has 0 aromatic heterocycles. The van der Waals surface area contributed by atoms with Crippen molar-refractivity contribution in [2.24, 2.45) is 0 Å². The molecule has 158 valence electrons. The zero-order valence-electron chi connectivity index (χ0n) is 17.4. The molecule has 1 aliphatic heterocycles. The molecule has 0 aliphatic carbocycles. The van der Waals surface area contributed by atoms with Gasteiger partial charge in [0.15, 0.2) is 11.5 Å². The van der Waals surface area contributed by atoms with Gasteiger partial charge >= 0.3 is 0 Å². The number of aliphatic hydroxyl groups is 2. The van der Waals surface area contributed by atoms with Crippen LogP contribution >= 0.6 is 0 Å². The Kier molecular flexibility index (Phi) is 6.12. The van der Waals surface area contributed by atoms with Gasteiger partial charge in [0, 0.05) is 12.1 Å². The Morgan fingerprint density at radius 1 is 1.07 bits per heavy atom. The minimum absolute atomic E-state index is 0.0308. The van der Waals surface area contributed by atoms with Gasteiger partial charge in [0.25, 0.3) is 11.7 Å². The topological polar surface area (TPSA) is 96.3 Å². The summed E-state index contributed by atoms with van der Waals surface area (Å²) < 4.78 is 10.6. The van der Waals surface area contributed by atoms with E-state index in [1.165, 1.54) is 26.0 Å². The molecule has 0 unspecified atom stereocenters. The van der Waals surface area contributed by atoms with Gasteiger partial charge in [0.1, 0.15) is 5.76 Å². The van der Waals surface area contributed by atoms with E-state index < -0.39 is 23.8 Å². The summed E-state index contributed by atoms with van der Waals surface area (Å²) in [5.41, 5.74) is 1.96. The molecule has 2 atom stereocenters. The lowest BCUT2D eigenvalue weighted by molar-refractivity contribution is -0.140. The molecule has 2 N–H and O–H groups in total. The van der Waals surface area contributed by atoms with Crippen molar-refractivity contribution in [1.82, 2.24) is 4.90 Å². The number of amides is 1. The summed E-state index contributed by atoms with van der Waals surface area (Å²) in [4.78, 5) is 26.9. The summed E-state index contributed by atoms with van der Waals surface area (Å²) >= 11 is 0. The second kappa shape index (κ2) is 8.59. The molecule has 1 heterocycles. The number of Topliss-reactive ketones (excluding diaryl/α,β-unsaturated/α-hetero) is 1. The van der Waals surface area contributed by atoms with Crippen LogP contribution in [-0.4, -0.2) is 53.7 Å². The number of carbonyl (C=O) groups is 2. The number of rotatable bonds is 6. The van der Waals surface area contributed by atoms with E-state index in [0.29, 0.717) is 22.6 Å². The summed E-state index contributed by atoms with van der Waals surface area (Å²) in [6.45, 7) is 3.38. The highest BCUT2D eigenvalue weighted by Gasteiger charge is 2.46. The first kappa shape index (κ1) is 21.4. The molecular formula is C23H25NO6. The van der Waals surface area contributed by atoms with Crippen molar-refractivity contribution in [2.45, 2.75) is 26.0 Å². The summed E-state index contributed by atoms with van der Waals surface area (Å²) in [6.07, 6.45) is -0.856. The number of ketones is 1. The second-order valence-electron chi connectivity index (χ2n) is 7.28. The number of carbonyl (C=O) groups excluding carboxylic acids is 2. The number of aliphatic hydroxyl groups excluding tert-OH is 2. The van der Waals surface area contributed by atoms with Gasteiger partial charge in [0.2, 0.25) is 0 Å². The van der Waals surface area contributed by atoms with E-state index >= 15 is 0 Å². The van der Waals surface area contributed by atoms with Crippen molar-refractivity contribution in [2.75, 3.05) is 20.8 Å². The zero-order valence-corrected chi connectivity index (χ0v) is 17.4. The Morgan fingerprint density at radius 2 is 1.70 bits per heavy atom. The van der Waals surface area contributed by atoms with E-state index in [9.17, 15) is 19.8 Å². The Hall–Kier alpha value is -3.32. The zero-order chi connectivity index (χ0) is 22.0. The van der Waals surface area contributed by atoms with Crippen molar-refractivity contribution >= 4 is 17.4 Å². The fraction of sp³-hybridized carbons (Fsp3) is 0.304. The molecule has 7 nitrogen and oxygen atoms in total. The van der Waals surface area contributed by atoms with Gasteiger partial charge in [-0.2, -0.15) is 0 Å². The summed E-state index contributed by atoms with van der Waals surface area (Å²) in [7, 11) is 3.00. The Labute approximate surface area is 175 Å². The lowest BCUT2D eigenvalue weighted by atomic mass is 9.94. The number of methoxy groups -OCH3 is 2.